The normalized spacial score (nSPS) is 13.8. The van der Waals surface area contributed by atoms with Gasteiger partial charge in [0.2, 0.25) is 0 Å². The lowest BCUT2D eigenvalue weighted by atomic mass is 10.1. The van der Waals surface area contributed by atoms with E-state index >= 15 is 0 Å². The first-order chi connectivity index (χ1) is 15.6. The van der Waals surface area contributed by atoms with Gasteiger partial charge in [-0.05, 0) is 64.8 Å². The largest absolute Gasteiger partial charge is 0.444 e. The molecular weight excluding hydrogens is 425 g/mol. The molecule has 2 aromatic heterocycles. The Morgan fingerprint density at radius 3 is 2.64 bits per heavy atom. The van der Waals surface area contributed by atoms with Crippen molar-refractivity contribution in [1.29, 1.82) is 0 Å². The smallest absolute Gasteiger partial charge is 0.412 e. The quantitative estimate of drug-likeness (QED) is 0.568. The van der Waals surface area contributed by atoms with Gasteiger partial charge in [0.1, 0.15) is 22.8 Å². The molecule has 1 aromatic carbocycles. The molecule has 0 spiro atoms. The highest BCUT2D eigenvalue weighted by Crippen LogP contribution is 2.26. The second kappa shape index (κ2) is 8.80. The second-order valence-electron chi connectivity index (χ2n) is 9.25. The van der Waals surface area contributed by atoms with E-state index in [1.807, 2.05) is 6.92 Å². The topological polar surface area (TPSA) is 98.1 Å². The molecule has 3 heterocycles. The maximum absolute atomic E-state index is 14.2. The number of rotatable bonds is 3. The molecule has 0 atom stereocenters. The van der Waals surface area contributed by atoms with Crippen LogP contribution in [-0.4, -0.2) is 32.1 Å². The summed E-state index contributed by atoms with van der Waals surface area (Å²) in [6, 6.07) is 5.66. The first kappa shape index (κ1) is 22.7. The molecule has 174 valence electrons. The summed E-state index contributed by atoms with van der Waals surface area (Å²) in [6.07, 6.45) is 3.34. The average molecular weight is 454 g/mol. The summed E-state index contributed by atoms with van der Waals surface area (Å²) in [7, 11) is 0. The van der Waals surface area contributed by atoms with E-state index in [0.29, 0.717) is 28.1 Å². The predicted octanol–water partition coefficient (Wildman–Crippen LogP) is 5.20. The average Bonchev–Trinajstić information content (AvgIpc) is 2.89. The Morgan fingerprint density at radius 2 is 1.88 bits per heavy atom. The zero-order chi connectivity index (χ0) is 23.8. The lowest BCUT2D eigenvalue weighted by Gasteiger charge is -2.20. The summed E-state index contributed by atoms with van der Waals surface area (Å²) in [6.45, 7) is 7.82. The van der Waals surface area contributed by atoms with Gasteiger partial charge >= 0.3 is 6.09 Å². The van der Waals surface area contributed by atoms with E-state index < -0.39 is 17.5 Å². The van der Waals surface area contributed by atoms with E-state index in [1.54, 1.807) is 26.8 Å². The first-order valence-corrected chi connectivity index (χ1v) is 11.1. The van der Waals surface area contributed by atoms with Gasteiger partial charge in [0.15, 0.2) is 5.65 Å². The van der Waals surface area contributed by atoms with Crippen LogP contribution in [0.2, 0.25) is 0 Å². The van der Waals surface area contributed by atoms with Gasteiger partial charge in [-0.1, -0.05) is 6.42 Å². The molecule has 0 saturated heterocycles. The molecule has 0 radical (unpaired) electrons. The van der Waals surface area contributed by atoms with Crippen molar-refractivity contribution in [1.82, 2.24) is 14.5 Å². The van der Waals surface area contributed by atoms with Gasteiger partial charge in [0, 0.05) is 24.3 Å². The second-order valence-corrected chi connectivity index (χ2v) is 9.25. The maximum atomic E-state index is 14.2. The molecule has 3 aromatic rings. The lowest BCUT2D eigenvalue weighted by Crippen LogP contribution is -2.27. The maximum Gasteiger partial charge on any atom is 0.412 e. The van der Waals surface area contributed by atoms with Gasteiger partial charge in [0.05, 0.1) is 11.3 Å². The third kappa shape index (κ3) is 5.13. The first-order valence-electron chi connectivity index (χ1n) is 11.1. The van der Waals surface area contributed by atoms with Crippen molar-refractivity contribution < 1.29 is 18.7 Å². The molecule has 8 nitrogen and oxygen atoms in total. The number of anilines is 2. The number of ether oxygens (including phenoxy) is 1. The molecule has 1 aliphatic heterocycles. The van der Waals surface area contributed by atoms with Crippen LogP contribution in [0, 0.1) is 12.7 Å². The number of hydrogen-bond donors (Lipinski definition) is 2. The van der Waals surface area contributed by atoms with Gasteiger partial charge in [-0.25, -0.2) is 19.2 Å². The Bertz CT molecular complexity index is 1230. The molecule has 33 heavy (non-hydrogen) atoms. The number of aromatic nitrogens is 3. The van der Waals surface area contributed by atoms with Crippen molar-refractivity contribution in [2.75, 3.05) is 10.6 Å². The number of benzene rings is 1. The standard InChI is InChI=1S/C24H28FN5O3/c1-14-12-16(20-21(26-14)30-11-7-5-6-8-19(30)29-20)22(31)27-15-9-10-17(25)18(13-15)28-23(32)33-24(2,3)4/h9-10,12-13H,5-8,11H2,1-4H3,(H,27,31)(H,28,32). The number of carbonyl (C=O) groups is 2. The van der Waals surface area contributed by atoms with Crippen LogP contribution < -0.4 is 10.6 Å². The molecule has 4 rings (SSSR count). The number of nitrogens with zero attached hydrogens (tertiary/aromatic N) is 3. The molecule has 1 aliphatic rings. The van der Waals surface area contributed by atoms with Crippen molar-refractivity contribution >= 4 is 34.5 Å². The third-order valence-electron chi connectivity index (χ3n) is 5.30. The highest BCUT2D eigenvalue weighted by molar-refractivity contribution is 6.11. The van der Waals surface area contributed by atoms with Gasteiger partial charge in [-0.15, -0.1) is 0 Å². The van der Waals surface area contributed by atoms with Crippen LogP contribution >= 0.6 is 0 Å². The number of nitrogens with one attached hydrogen (secondary N) is 2. The zero-order valence-electron chi connectivity index (χ0n) is 19.3. The molecular formula is C24H28FN5O3. The monoisotopic (exact) mass is 453 g/mol. The molecule has 0 saturated carbocycles. The van der Waals surface area contributed by atoms with E-state index in [0.717, 1.165) is 38.1 Å². The number of hydrogen-bond acceptors (Lipinski definition) is 5. The summed E-state index contributed by atoms with van der Waals surface area (Å²) in [5.74, 6) is -0.0762. The molecule has 0 fully saturated rings. The Hall–Kier alpha value is -3.49. The van der Waals surface area contributed by atoms with Gasteiger partial charge < -0.3 is 14.6 Å². The fourth-order valence-corrected chi connectivity index (χ4v) is 3.90. The fraction of sp³-hybridized carbons (Fsp3) is 0.417. The van der Waals surface area contributed by atoms with Crippen LogP contribution in [0.25, 0.3) is 11.2 Å². The molecule has 0 aliphatic carbocycles. The minimum atomic E-state index is -0.782. The number of aryl methyl sites for hydroxylation is 3. The van der Waals surface area contributed by atoms with Crippen LogP contribution in [0.15, 0.2) is 24.3 Å². The Labute approximate surface area is 191 Å². The van der Waals surface area contributed by atoms with Crippen molar-refractivity contribution in [3.05, 3.63) is 47.2 Å². The number of imidazole rings is 1. The Kier molecular flexibility index (Phi) is 6.05. The minimum Gasteiger partial charge on any atom is -0.444 e. The zero-order valence-corrected chi connectivity index (χ0v) is 19.3. The number of amides is 2. The summed E-state index contributed by atoms with van der Waals surface area (Å²) < 4.78 is 21.5. The fourth-order valence-electron chi connectivity index (χ4n) is 3.90. The molecule has 0 unspecified atom stereocenters. The summed E-state index contributed by atoms with van der Waals surface area (Å²) in [4.78, 5) is 34.6. The number of halogens is 1. The van der Waals surface area contributed by atoms with Crippen LogP contribution in [0.1, 0.15) is 61.9 Å². The van der Waals surface area contributed by atoms with Crippen molar-refractivity contribution in [3.63, 3.8) is 0 Å². The summed E-state index contributed by atoms with van der Waals surface area (Å²) in [5.41, 5.74) is 1.91. The van der Waals surface area contributed by atoms with Crippen LogP contribution in [-0.2, 0) is 17.7 Å². The lowest BCUT2D eigenvalue weighted by molar-refractivity contribution is 0.0635. The van der Waals surface area contributed by atoms with E-state index in [2.05, 4.69) is 20.2 Å². The van der Waals surface area contributed by atoms with Gasteiger partial charge in [-0.2, -0.15) is 0 Å². The highest BCUT2D eigenvalue weighted by Gasteiger charge is 2.22. The molecule has 9 heteroatoms. The number of pyridine rings is 1. The van der Waals surface area contributed by atoms with E-state index in [-0.39, 0.29) is 11.6 Å². The Balaban J connectivity index is 1.60. The Morgan fingerprint density at radius 1 is 1.09 bits per heavy atom. The SMILES string of the molecule is Cc1cc(C(=O)Nc2ccc(F)c(NC(=O)OC(C)(C)C)c2)c2nc3n(c2n1)CCCCC3. The predicted molar refractivity (Wildman–Crippen MR) is 124 cm³/mol. The van der Waals surface area contributed by atoms with Crippen LogP contribution in [0.4, 0.5) is 20.6 Å². The van der Waals surface area contributed by atoms with Crippen LogP contribution in [0.5, 0.6) is 0 Å². The van der Waals surface area contributed by atoms with Crippen molar-refractivity contribution in [3.8, 4) is 0 Å². The van der Waals surface area contributed by atoms with E-state index in [9.17, 15) is 14.0 Å². The van der Waals surface area contributed by atoms with E-state index in [1.165, 1.54) is 18.2 Å². The molecule has 2 N–H and O–H groups in total. The minimum absolute atomic E-state index is 0.0909. The highest BCUT2D eigenvalue weighted by atomic mass is 19.1. The summed E-state index contributed by atoms with van der Waals surface area (Å²) in [5, 5.41) is 5.17. The number of fused-ring (bicyclic) bond motifs is 3. The summed E-state index contributed by atoms with van der Waals surface area (Å²) >= 11 is 0. The number of carbonyl (C=O) groups excluding carboxylic acids is 2. The van der Waals surface area contributed by atoms with Crippen LogP contribution in [0.3, 0.4) is 0 Å². The molecule has 2 amide bonds. The third-order valence-corrected chi connectivity index (χ3v) is 5.30. The van der Waals surface area contributed by atoms with Gasteiger partial charge in [-0.3, -0.25) is 10.1 Å². The van der Waals surface area contributed by atoms with Gasteiger partial charge in [0.25, 0.3) is 5.91 Å². The van der Waals surface area contributed by atoms with E-state index in [4.69, 9.17) is 9.72 Å². The van der Waals surface area contributed by atoms with Crippen molar-refractivity contribution in [2.45, 2.75) is 65.5 Å². The van der Waals surface area contributed by atoms with Crippen molar-refractivity contribution in [2.24, 2.45) is 0 Å². The molecule has 0 bridgehead atoms.